The Balaban J connectivity index is 1.80. The van der Waals surface area contributed by atoms with E-state index < -0.39 is 23.9 Å². The molecule has 0 aliphatic heterocycles. The zero-order chi connectivity index (χ0) is 24.7. The van der Waals surface area contributed by atoms with Crippen LogP contribution in [0.2, 0.25) is 10.2 Å². The lowest BCUT2D eigenvalue weighted by atomic mass is 10.0. The maximum atomic E-state index is 13.8. The van der Waals surface area contributed by atoms with Crippen LogP contribution >= 0.6 is 23.2 Å². The fourth-order valence-electron chi connectivity index (χ4n) is 3.34. The topological polar surface area (TPSA) is 117 Å². The summed E-state index contributed by atoms with van der Waals surface area (Å²) >= 11 is 12.0. The number of alkyl halides is 2. The molecule has 0 radical (unpaired) electrons. The highest BCUT2D eigenvalue weighted by molar-refractivity contribution is 6.30. The highest BCUT2D eigenvalue weighted by Crippen LogP contribution is 2.22. The van der Waals surface area contributed by atoms with E-state index in [1.54, 1.807) is 24.3 Å². The zero-order valence-electron chi connectivity index (χ0n) is 17.9. The van der Waals surface area contributed by atoms with Crippen LogP contribution in [0, 0.1) is 0 Å². The standard InChI is InChI=1S/C22H22Cl2F2N6O2/c23-15-5-4-13(6-7-27)14(9-15)10-29-18(33)12-32-11-17(24)30-22(34)21(32)31-19(20(25)26)16-3-1-2-8-28-16/h1-5,8-9,11,19-20H,6-7,10,12,27H2,(H2,29,30,33,34)/p+1. The predicted molar refractivity (Wildman–Crippen MR) is 125 cm³/mol. The largest absolute Gasteiger partial charge is 0.349 e. The van der Waals surface area contributed by atoms with Crippen molar-refractivity contribution in [1.29, 1.82) is 0 Å². The molecule has 0 bridgehead atoms. The van der Waals surface area contributed by atoms with Crippen LogP contribution in [0.5, 0.6) is 0 Å². The van der Waals surface area contributed by atoms with E-state index in [-0.39, 0.29) is 29.8 Å². The van der Waals surface area contributed by atoms with Gasteiger partial charge in [-0.2, -0.15) is 0 Å². The van der Waals surface area contributed by atoms with Gasteiger partial charge in [0.25, 0.3) is 12.3 Å². The number of H-pyrrole nitrogens is 1. The number of benzene rings is 1. The minimum absolute atomic E-state index is 0.0382. The fraction of sp³-hybridized carbons (Fsp3) is 0.273. The molecule has 3 aromatic rings. The molecule has 180 valence electrons. The molecular formula is C22H23Cl2F2N6O2+. The van der Waals surface area contributed by atoms with Crippen LogP contribution in [0.3, 0.4) is 0 Å². The summed E-state index contributed by atoms with van der Waals surface area (Å²) < 4.78 is 28.7. The first-order valence-corrected chi connectivity index (χ1v) is 11.1. The normalized spacial score (nSPS) is 11.9. The van der Waals surface area contributed by atoms with E-state index in [1.165, 1.54) is 23.0 Å². The molecule has 1 atom stereocenters. The van der Waals surface area contributed by atoms with Gasteiger partial charge in [-0.3, -0.25) is 19.9 Å². The van der Waals surface area contributed by atoms with E-state index in [0.717, 1.165) is 11.1 Å². The first-order valence-electron chi connectivity index (χ1n) is 10.3. The molecule has 12 heteroatoms. The van der Waals surface area contributed by atoms with Crippen LogP contribution in [-0.4, -0.2) is 28.8 Å². The van der Waals surface area contributed by atoms with Crippen molar-refractivity contribution in [3.05, 3.63) is 86.1 Å². The molecule has 1 unspecified atom stereocenters. The molecule has 1 amide bonds. The first-order chi connectivity index (χ1) is 16.3. The molecule has 0 saturated heterocycles. The molecule has 8 nitrogen and oxygen atoms in total. The SMILES string of the molecule is NCCc1ccc(Cl)cc1CNC(=O)C[n+]1cc(Cl)[nH]c(=O)c1NC(c1ccccn1)C(F)F. The molecule has 0 aliphatic rings. The van der Waals surface area contributed by atoms with Crippen molar-refractivity contribution in [2.75, 3.05) is 11.9 Å². The van der Waals surface area contributed by atoms with Gasteiger partial charge in [-0.05, 0) is 48.4 Å². The smallest absolute Gasteiger partial charge is 0.342 e. The minimum Gasteiger partial charge on any atom is -0.349 e. The number of hydrogen-bond donors (Lipinski definition) is 4. The number of amides is 1. The average molecular weight is 512 g/mol. The van der Waals surface area contributed by atoms with E-state index in [4.69, 9.17) is 28.9 Å². The van der Waals surface area contributed by atoms with Crippen molar-refractivity contribution in [3.8, 4) is 0 Å². The van der Waals surface area contributed by atoms with Crippen molar-refractivity contribution < 1.29 is 18.1 Å². The van der Waals surface area contributed by atoms with Crippen LogP contribution in [0.4, 0.5) is 14.6 Å². The van der Waals surface area contributed by atoms with E-state index in [9.17, 15) is 18.4 Å². The van der Waals surface area contributed by atoms with Gasteiger partial charge in [0.15, 0.2) is 12.6 Å². The van der Waals surface area contributed by atoms with Crippen molar-refractivity contribution >= 4 is 34.9 Å². The van der Waals surface area contributed by atoms with E-state index in [0.29, 0.717) is 18.0 Å². The lowest BCUT2D eigenvalue weighted by Crippen LogP contribution is -2.49. The number of nitrogens with one attached hydrogen (secondary N) is 3. The Bertz CT molecular complexity index is 1190. The Hall–Kier alpha value is -3.08. The molecule has 34 heavy (non-hydrogen) atoms. The van der Waals surface area contributed by atoms with E-state index in [1.807, 2.05) is 6.07 Å². The Kier molecular flexibility index (Phi) is 8.91. The van der Waals surface area contributed by atoms with E-state index >= 15 is 0 Å². The van der Waals surface area contributed by atoms with Gasteiger partial charge in [-0.15, -0.1) is 0 Å². The number of carbonyl (C=O) groups is 1. The number of anilines is 1. The van der Waals surface area contributed by atoms with Crippen LogP contribution < -0.4 is 26.5 Å². The highest BCUT2D eigenvalue weighted by Gasteiger charge is 2.31. The summed E-state index contributed by atoms with van der Waals surface area (Å²) in [6.07, 6.45) is 0.369. The number of rotatable bonds is 10. The predicted octanol–water partition coefficient (Wildman–Crippen LogP) is 2.60. The Labute approximate surface area is 204 Å². The summed E-state index contributed by atoms with van der Waals surface area (Å²) in [7, 11) is 0. The number of hydrogen-bond acceptors (Lipinski definition) is 5. The summed E-state index contributed by atoms with van der Waals surface area (Å²) in [5.74, 6) is -0.734. The molecule has 2 heterocycles. The monoisotopic (exact) mass is 511 g/mol. The van der Waals surface area contributed by atoms with Gasteiger partial charge in [0.2, 0.25) is 0 Å². The zero-order valence-corrected chi connectivity index (χ0v) is 19.4. The molecule has 1 aromatic carbocycles. The van der Waals surface area contributed by atoms with Crippen molar-refractivity contribution in [2.45, 2.75) is 32.0 Å². The van der Waals surface area contributed by atoms with Gasteiger partial charge in [0.1, 0.15) is 11.3 Å². The first kappa shape index (κ1) is 25.5. The van der Waals surface area contributed by atoms with Crippen LogP contribution in [0.1, 0.15) is 22.9 Å². The quantitative estimate of drug-likeness (QED) is 0.312. The van der Waals surface area contributed by atoms with Crippen LogP contribution in [0.15, 0.2) is 53.6 Å². The highest BCUT2D eigenvalue weighted by atomic mass is 35.5. The molecule has 0 saturated carbocycles. The third-order valence-corrected chi connectivity index (χ3v) is 5.35. The molecule has 2 aromatic heterocycles. The van der Waals surface area contributed by atoms with Gasteiger partial charge < -0.3 is 16.0 Å². The van der Waals surface area contributed by atoms with Crippen molar-refractivity contribution in [2.24, 2.45) is 5.73 Å². The number of pyridine rings is 1. The summed E-state index contributed by atoms with van der Waals surface area (Å²) in [4.78, 5) is 31.5. The van der Waals surface area contributed by atoms with Crippen molar-refractivity contribution in [1.82, 2.24) is 15.3 Å². The number of carbonyl (C=O) groups excluding carboxylic acids is 1. The third-order valence-electron chi connectivity index (χ3n) is 4.93. The molecule has 0 aliphatic carbocycles. The second-order valence-electron chi connectivity index (χ2n) is 7.35. The lowest BCUT2D eigenvalue weighted by molar-refractivity contribution is -0.671. The second kappa shape index (κ2) is 11.9. The summed E-state index contributed by atoms with van der Waals surface area (Å²) in [5.41, 5.74) is 6.66. The Morgan fingerprint density at radius 3 is 2.68 bits per heavy atom. The maximum absolute atomic E-state index is 13.8. The Morgan fingerprint density at radius 2 is 2.00 bits per heavy atom. The average Bonchev–Trinajstić information content (AvgIpc) is 2.79. The molecule has 3 rings (SSSR count). The summed E-state index contributed by atoms with van der Waals surface area (Å²) in [6.45, 7) is 0.250. The van der Waals surface area contributed by atoms with Crippen molar-refractivity contribution in [3.63, 3.8) is 0 Å². The van der Waals surface area contributed by atoms with Gasteiger partial charge in [0, 0.05) is 17.8 Å². The number of nitrogens with zero attached hydrogens (tertiary/aromatic N) is 2. The van der Waals surface area contributed by atoms with Crippen LogP contribution in [-0.2, 0) is 24.3 Å². The molecule has 0 fully saturated rings. The van der Waals surface area contributed by atoms with Gasteiger partial charge in [-0.1, -0.05) is 35.3 Å². The summed E-state index contributed by atoms with van der Waals surface area (Å²) in [6, 6.07) is 8.29. The number of aromatic nitrogens is 3. The Morgan fingerprint density at radius 1 is 1.21 bits per heavy atom. The third kappa shape index (κ3) is 6.72. The maximum Gasteiger partial charge on any atom is 0.342 e. The number of halogens is 4. The van der Waals surface area contributed by atoms with E-state index in [2.05, 4.69) is 20.6 Å². The van der Waals surface area contributed by atoms with Crippen LogP contribution in [0.25, 0.3) is 0 Å². The van der Waals surface area contributed by atoms with Gasteiger partial charge in [-0.25, -0.2) is 13.3 Å². The lowest BCUT2D eigenvalue weighted by Gasteiger charge is -2.15. The molecule has 0 spiro atoms. The molecular weight excluding hydrogens is 489 g/mol. The number of nitrogens with two attached hydrogens (primary N) is 1. The van der Waals surface area contributed by atoms with Gasteiger partial charge >= 0.3 is 11.4 Å². The molecule has 5 N–H and O–H groups in total. The number of aromatic amines is 1. The summed E-state index contributed by atoms with van der Waals surface area (Å²) in [5, 5.41) is 5.71. The second-order valence-corrected chi connectivity index (χ2v) is 8.19. The van der Waals surface area contributed by atoms with Gasteiger partial charge in [0.05, 0.1) is 5.69 Å². The minimum atomic E-state index is -2.88. The fourth-order valence-corrected chi connectivity index (χ4v) is 3.74.